The maximum atomic E-state index is 12.7. The second-order valence-electron chi connectivity index (χ2n) is 7.50. The van der Waals surface area contributed by atoms with Gasteiger partial charge >= 0.3 is 0 Å². The standard InChI is InChI=1S/C22H21N5O4/c23-12-16-2-1-9-26(16)22(28)20(24)10-14-13-25-21-8-7-18(11-19(14)21)31-17-5-3-15(4-6-17)27(29)30/h3-8,11,13,16,20,25H,1-2,9-10,24H2/t16-,20+/m0/s1. The van der Waals surface area contributed by atoms with Crippen molar-refractivity contribution in [2.45, 2.75) is 31.3 Å². The maximum Gasteiger partial charge on any atom is 0.269 e. The molecule has 0 saturated carbocycles. The van der Waals surface area contributed by atoms with Crippen LogP contribution in [0.1, 0.15) is 18.4 Å². The molecule has 3 aromatic rings. The van der Waals surface area contributed by atoms with Crippen molar-refractivity contribution in [3.8, 4) is 17.6 Å². The largest absolute Gasteiger partial charge is 0.457 e. The van der Waals surface area contributed by atoms with E-state index < -0.39 is 17.0 Å². The fraction of sp³-hybridized carbons (Fsp3) is 0.273. The summed E-state index contributed by atoms with van der Waals surface area (Å²) in [5, 5.41) is 20.9. The highest BCUT2D eigenvalue weighted by molar-refractivity contribution is 5.87. The molecule has 31 heavy (non-hydrogen) atoms. The first-order chi connectivity index (χ1) is 15.0. The van der Waals surface area contributed by atoms with Gasteiger partial charge in [-0.15, -0.1) is 0 Å². The zero-order valence-electron chi connectivity index (χ0n) is 16.7. The van der Waals surface area contributed by atoms with E-state index in [0.717, 1.165) is 22.9 Å². The number of carbonyl (C=O) groups excluding carboxylic acids is 1. The van der Waals surface area contributed by atoms with E-state index >= 15 is 0 Å². The van der Waals surface area contributed by atoms with Crippen molar-refractivity contribution in [3.63, 3.8) is 0 Å². The average Bonchev–Trinajstić information content (AvgIpc) is 3.40. The fourth-order valence-corrected chi connectivity index (χ4v) is 3.86. The Morgan fingerprint density at radius 1 is 1.32 bits per heavy atom. The number of non-ortho nitro benzene ring substituents is 1. The van der Waals surface area contributed by atoms with Crippen LogP contribution in [-0.2, 0) is 11.2 Å². The lowest BCUT2D eigenvalue weighted by molar-refractivity contribution is -0.384. The fourth-order valence-electron chi connectivity index (χ4n) is 3.86. The van der Waals surface area contributed by atoms with Gasteiger partial charge in [-0.2, -0.15) is 5.26 Å². The zero-order valence-corrected chi connectivity index (χ0v) is 16.7. The number of likely N-dealkylation sites (tertiary alicyclic amines) is 1. The Balaban J connectivity index is 1.51. The van der Waals surface area contributed by atoms with E-state index in [1.807, 2.05) is 18.3 Å². The molecule has 0 bridgehead atoms. The monoisotopic (exact) mass is 419 g/mol. The van der Waals surface area contributed by atoms with Crippen LogP contribution >= 0.6 is 0 Å². The van der Waals surface area contributed by atoms with Crippen molar-refractivity contribution in [1.82, 2.24) is 9.88 Å². The van der Waals surface area contributed by atoms with Gasteiger partial charge in [0.05, 0.1) is 17.0 Å². The Kier molecular flexibility index (Phi) is 5.56. The van der Waals surface area contributed by atoms with Crippen LogP contribution in [0.5, 0.6) is 11.5 Å². The van der Waals surface area contributed by atoms with Gasteiger partial charge in [0.15, 0.2) is 0 Å². The van der Waals surface area contributed by atoms with Crippen LogP contribution < -0.4 is 10.5 Å². The number of hydrogen-bond donors (Lipinski definition) is 2. The Morgan fingerprint density at radius 3 is 2.77 bits per heavy atom. The normalized spacial score (nSPS) is 16.8. The number of ether oxygens (including phenoxy) is 1. The Labute approximate surface area is 178 Å². The zero-order chi connectivity index (χ0) is 22.0. The highest BCUT2D eigenvalue weighted by Crippen LogP contribution is 2.29. The highest BCUT2D eigenvalue weighted by atomic mass is 16.6. The molecule has 2 aromatic carbocycles. The molecule has 1 aromatic heterocycles. The number of benzene rings is 2. The number of nitrogens with zero attached hydrogens (tertiary/aromatic N) is 3. The van der Waals surface area contributed by atoms with Gasteiger partial charge in [0.2, 0.25) is 5.91 Å². The summed E-state index contributed by atoms with van der Waals surface area (Å²) >= 11 is 0. The molecule has 9 nitrogen and oxygen atoms in total. The van der Waals surface area contributed by atoms with Crippen molar-refractivity contribution < 1.29 is 14.5 Å². The van der Waals surface area contributed by atoms with E-state index in [1.165, 1.54) is 24.3 Å². The molecule has 0 spiro atoms. The summed E-state index contributed by atoms with van der Waals surface area (Å²) in [5.41, 5.74) is 7.94. The van der Waals surface area contributed by atoms with Crippen molar-refractivity contribution in [1.29, 1.82) is 5.26 Å². The molecule has 0 unspecified atom stereocenters. The van der Waals surface area contributed by atoms with Gasteiger partial charge in [-0.05, 0) is 55.2 Å². The molecule has 0 aliphatic carbocycles. The lowest BCUT2D eigenvalue weighted by Crippen LogP contribution is -2.46. The molecule has 1 fully saturated rings. The summed E-state index contributed by atoms with van der Waals surface area (Å²) in [6.45, 7) is 0.561. The summed E-state index contributed by atoms with van der Waals surface area (Å²) in [7, 11) is 0. The van der Waals surface area contributed by atoms with Gasteiger partial charge in [-0.25, -0.2) is 0 Å². The minimum absolute atomic E-state index is 0.00832. The molecule has 1 saturated heterocycles. The predicted octanol–water partition coefficient (Wildman–Crippen LogP) is 3.25. The van der Waals surface area contributed by atoms with Gasteiger partial charge in [0.25, 0.3) is 5.69 Å². The minimum Gasteiger partial charge on any atom is -0.457 e. The van der Waals surface area contributed by atoms with E-state index in [4.69, 9.17) is 10.5 Å². The van der Waals surface area contributed by atoms with Gasteiger partial charge < -0.3 is 20.4 Å². The van der Waals surface area contributed by atoms with Crippen LogP contribution in [0.3, 0.4) is 0 Å². The van der Waals surface area contributed by atoms with E-state index in [1.54, 1.807) is 11.0 Å². The third-order valence-electron chi connectivity index (χ3n) is 5.46. The number of nitriles is 1. The lowest BCUT2D eigenvalue weighted by Gasteiger charge is -2.23. The van der Waals surface area contributed by atoms with Crippen LogP contribution in [0.25, 0.3) is 10.9 Å². The molecular formula is C22H21N5O4. The third-order valence-corrected chi connectivity index (χ3v) is 5.46. The van der Waals surface area contributed by atoms with Crippen molar-refractivity contribution in [3.05, 3.63) is 64.3 Å². The number of aromatic nitrogens is 1. The number of nitrogens with one attached hydrogen (secondary N) is 1. The molecule has 2 heterocycles. The molecule has 1 aliphatic rings. The number of nitrogens with two attached hydrogens (primary N) is 1. The van der Waals surface area contributed by atoms with E-state index in [9.17, 15) is 20.2 Å². The van der Waals surface area contributed by atoms with Crippen LogP contribution in [0, 0.1) is 21.4 Å². The van der Waals surface area contributed by atoms with E-state index in [-0.39, 0.29) is 11.6 Å². The van der Waals surface area contributed by atoms with Gasteiger partial charge in [0.1, 0.15) is 17.5 Å². The van der Waals surface area contributed by atoms with Crippen molar-refractivity contribution >= 4 is 22.5 Å². The first-order valence-corrected chi connectivity index (χ1v) is 9.94. The van der Waals surface area contributed by atoms with E-state index in [0.29, 0.717) is 30.9 Å². The first kappa shape index (κ1) is 20.4. The van der Waals surface area contributed by atoms with Gasteiger partial charge in [-0.3, -0.25) is 14.9 Å². The maximum absolute atomic E-state index is 12.7. The summed E-state index contributed by atoms with van der Waals surface area (Å²) in [4.78, 5) is 27.8. The molecule has 1 amide bonds. The molecule has 158 valence electrons. The van der Waals surface area contributed by atoms with Crippen molar-refractivity contribution in [2.24, 2.45) is 5.73 Å². The topological polar surface area (TPSA) is 138 Å². The number of aromatic amines is 1. The highest BCUT2D eigenvalue weighted by Gasteiger charge is 2.31. The van der Waals surface area contributed by atoms with Crippen LogP contribution in [0.4, 0.5) is 5.69 Å². The second kappa shape index (κ2) is 8.45. The quantitative estimate of drug-likeness (QED) is 0.464. The van der Waals surface area contributed by atoms with E-state index in [2.05, 4.69) is 11.1 Å². The molecule has 0 radical (unpaired) electrons. The minimum atomic E-state index is -0.743. The Morgan fingerprint density at radius 2 is 2.06 bits per heavy atom. The van der Waals surface area contributed by atoms with Crippen LogP contribution in [-0.4, -0.2) is 39.3 Å². The first-order valence-electron chi connectivity index (χ1n) is 9.94. The number of nitro groups is 1. The number of fused-ring (bicyclic) bond motifs is 1. The van der Waals surface area contributed by atoms with Crippen molar-refractivity contribution in [2.75, 3.05) is 6.54 Å². The Bertz CT molecular complexity index is 1160. The summed E-state index contributed by atoms with van der Waals surface area (Å²) in [5.74, 6) is 0.827. The molecule has 2 atom stereocenters. The number of amides is 1. The smallest absolute Gasteiger partial charge is 0.269 e. The molecule has 1 aliphatic heterocycles. The predicted molar refractivity (Wildman–Crippen MR) is 113 cm³/mol. The third kappa shape index (κ3) is 4.20. The summed E-state index contributed by atoms with van der Waals surface area (Å²) in [6.07, 6.45) is 3.65. The van der Waals surface area contributed by atoms with Gasteiger partial charge in [0, 0.05) is 35.8 Å². The molecule has 4 rings (SSSR count). The summed E-state index contributed by atoms with van der Waals surface area (Å²) in [6, 6.07) is 12.4. The SMILES string of the molecule is N#C[C@@H]1CCCN1C(=O)[C@H](N)Cc1c[nH]c2ccc(Oc3ccc([N+](=O)[O-])cc3)cc12. The number of H-pyrrole nitrogens is 1. The van der Waals surface area contributed by atoms with Gasteiger partial charge in [-0.1, -0.05) is 0 Å². The number of rotatable bonds is 6. The van der Waals surface area contributed by atoms with Crippen LogP contribution in [0.2, 0.25) is 0 Å². The molecule has 3 N–H and O–H groups in total. The number of hydrogen-bond acceptors (Lipinski definition) is 6. The summed E-state index contributed by atoms with van der Waals surface area (Å²) < 4.78 is 5.83. The lowest BCUT2D eigenvalue weighted by atomic mass is 10.0. The average molecular weight is 419 g/mol. The molecular weight excluding hydrogens is 398 g/mol. The molecule has 9 heteroatoms. The van der Waals surface area contributed by atoms with Crippen LogP contribution in [0.15, 0.2) is 48.7 Å². The number of nitro benzene ring substituents is 1. The number of carbonyl (C=O) groups is 1. The second-order valence-corrected chi connectivity index (χ2v) is 7.50. The Hall–Kier alpha value is -3.90.